The molecule has 6 heteroatoms. The highest BCUT2D eigenvalue weighted by Gasteiger charge is 2.10. The van der Waals surface area contributed by atoms with E-state index in [4.69, 9.17) is 32.7 Å². The monoisotopic (exact) mass is 348 g/mol. The lowest BCUT2D eigenvalue weighted by atomic mass is 10.1. The minimum atomic E-state index is -0.174. The molecule has 0 spiro atoms. The van der Waals surface area contributed by atoms with Crippen molar-refractivity contribution in [2.24, 2.45) is 0 Å². The standard InChI is InChI=1S/C16H22Cl2O4/c1-20-14-8-13(11-18)15(9-12(14)10-17)22-7-5-3-4-6-16(19)21-2/h8-9H,3-7,10-11H2,1-2H3. The molecule has 1 aromatic carbocycles. The fourth-order valence-corrected chi connectivity index (χ4v) is 2.43. The van der Waals surface area contributed by atoms with E-state index in [1.165, 1.54) is 7.11 Å². The zero-order valence-corrected chi connectivity index (χ0v) is 14.5. The average Bonchev–Trinajstić information content (AvgIpc) is 2.56. The van der Waals surface area contributed by atoms with Crippen LogP contribution in [-0.4, -0.2) is 26.8 Å². The van der Waals surface area contributed by atoms with Gasteiger partial charge in [-0.25, -0.2) is 0 Å². The van der Waals surface area contributed by atoms with Crippen molar-refractivity contribution in [3.63, 3.8) is 0 Å². The predicted octanol–water partition coefficient (Wildman–Crippen LogP) is 4.29. The summed E-state index contributed by atoms with van der Waals surface area (Å²) in [6, 6.07) is 3.73. The summed E-state index contributed by atoms with van der Waals surface area (Å²) in [5.41, 5.74) is 1.75. The molecule has 22 heavy (non-hydrogen) atoms. The van der Waals surface area contributed by atoms with Crippen LogP contribution >= 0.6 is 23.2 Å². The van der Waals surface area contributed by atoms with Crippen molar-refractivity contribution in [2.45, 2.75) is 37.4 Å². The first-order chi connectivity index (χ1) is 10.7. The van der Waals surface area contributed by atoms with E-state index in [1.807, 2.05) is 12.1 Å². The van der Waals surface area contributed by atoms with Gasteiger partial charge in [0.15, 0.2) is 0 Å². The lowest BCUT2D eigenvalue weighted by molar-refractivity contribution is -0.140. The molecule has 0 atom stereocenters. The maximum Gasteiger partial charge on any atom is 0.305 e. The van der Waals surface area contributed by atoms with E-state index in [1.54, 1.807) is 7.11 Å². The number of hydrogen-bond acceptors (Lipinski definition) is 4. The number of unbranched alkanes of at least 4 members (excludes halogenated alkanes) is 2. The van der Waals surface area contributed by atoms with Crippen molar-refractivity contribution in [3.05, 3.63) is 23.3 Å². The molecule has 1 aromatic rings. The number of carbonyl (C=O) groups excluding carboxylic acids is 1. The second-order valence-electron chi connectivity index (χ2n) is 4.77. The quantitative estimate of drug-likeness (QED) is 0.359. The van der Waals surface area contributed by atoms with Crippen LogP contribution in [0.2, 0.25) is 0 Å². The minimum absolute atomic E-state index is 0.174. The van der Waals surface area contributed by atoms with Gasteiger partial charge in [-0.15, -0.1) is 23.2 Å². The van der Waals surface area contributed by atoms with Crippen molar-refractivity contribution in [2.75, 3.05) is 20.8 Å². The molecule has 0 aliphatic rings. The number of alkyl halides is 2. The molecule has 0 aliphatic carbocycles. The molecule has 4 nitrogen and oxygen atoms in total. The van der Waals surface area contributed by atoms with Crippen LogP contribution in [0.25, 0.3) is 0 Å². The molecule has 0 N–H and O–H groups in total. The largest absolute Gasteiger partial charge is 0.496 e. The minimum Gasteiger partial charge on any atom is -0.496 e. The number of hydrogen-bond donors (Lipinski definition) is 0. The van der Waals surface area contributed by atoms with Gasteiger partial charge in [0.05, 0.1) is 32.6 Å². The first-order valence-corrected chi connectivity index (χ1v) is 8.24. The lowest BCUT2D eigenvalue weighted by Crippen LogP contribution is -2.03. The summed E-state index contributed by atoms with van der Waals surface area (Å²) in [5.74, 6) is 1.97. The summed E-state index contributed by atoms with van der Waals surface area (Å²) in [5, 5.41) is 0. The zero-order chi connectivity index (χ0) is 16.4. The summed E-state index contributed by atoms with van der Waals surface area (Å²) in [6.45, 7) is 0.569. The molecule has 0 saturated carbocycles. The Labute approximate surface area is 141 Å². The van der Waals surface area contributed by atoms with Crippen LogP contribution < -0.4 is 9.47 Å². The van der Waals surface area contributed by atoms with E-state index in [0.29, 0.717) is 24.8 Å². The van der Waals surface area contributed by atoms with Gasteiger partial charge in [-0.05, 0) is 31.4 Å². The maximum atomic E-state index is 11.0. The van der Waals surface area contributed by atoms with Gasteiger partial charge in [0, 0.05) is 17.5 Å². The van der Waals surface area contributed by atoms with Gasteiger partial charge in [-0.2, -0.15) is 0 Å². The number of methoxy groups -OCH3 is 2. The highest BCUT2D eigenvalue weighted by atomic mass is 35.5. The number of halogens is 2. The van der Waals surface area contributed by atoms with E-state index in [9.17, 15) is 4.79 Å². The SMILES string of the molecule is COC(=O)CCCCCOc1cc(CCl)c(OC)cc1CCl. The first kappa shape index (κ1) is 18.9. The maximum absolute atomic E-state index is 11.0. The second kappa shape index (κ2) is 10.6. The molecular formula is C16H22Cl2O4. The number of rotatable bonds is 10. The van der Waals surface area contributed by atoms with Crippen LogP contribution in [0.1, 0.15) is 36.8 Å². The Balaban J connectivity index is 2.49. The molecule has 124 valence electrons. The highest BCUT2D eigenvalue weighted by molar-refractivity contribution is 6.18. The fourth-order valence-electron chi connectivity index (χ4n) is 2.01. The van der Waals surface area contributed by atoms with Gasteiger partial charge >= 0.3 is 5.97 Å². The molecule has 0 heterocycles. The highest BCUT2D eigenvalue weighted by Crippen LogP contribution is 2.31. The van der Waals surface area contributed by atoms with E-state index < -0.39 is 0 Å². The molecule has 0 saturated heterocycles. The Bertz CT molecular complexity index is 477. The van der Waals surface area contributed by atoms with Gasteiger partial charge in [0.25, 0.3) is 0 Å². The number of carbonyl (C=O) groups is 1. The van der Waals surface area contributed by atoms with E-state index in [2.05, 4.69) is 4.74 Å². The van der Waals surface area contributed by atoms with E-state index >= 15 is 0 Å². The Morgan fingerprint density at radius 1 is 1.00 bits per heavy atom. The Hall–Kier alpha value is -1.13. The average molecular weight is 349 g/mol. The van der Waals surface area contributed by atoms with Gasteiger partial charge < -0.3 is 14.2 Å². The summed E-state index contributed by atoms with van der Waals surface area (Å²) >= 11 is 11.9. The van der Waals surface area contributed by atoms with Crippen molar-refractivity contribution in [1.82, 2.24) is 0 Å². The molecule has 0 unspecified atom stereocenters. The molecule has 0 fully saturated rings. The third kappa shape index (κ3) is 5.93. The number of ether oxygens (including phenoxy) is 3. The van der Waals surface area contributed by atoms with Gasteiger partial charge in [-0.3, -0.25) is 4.79 Å². The van der Waals surface area contributed by atoms with Crippen LogP contribution in [0.3, 0.4) is 0 Å². The Morgan fingerprint density at radius 2 is 1.64 bits per heavy atom. The van der Waals surface area contributed by atoms with Crippen molar-refractivity contribution in [1.29, 1.82) is 0 Å². The zero-order valence-electron chi connectivity index (χ0n) is 13.0. The third-order valence-electron chi connectivity index (χ3n) is 3.26. The second-order valence-corrected chi connectivity index (χ2v) is 5.31. The predicted molar refractivity (Wildman–Crippen MR) is 88.1 cm³/mol. The van der Waals surface area contributed by atoms with Crippen LogP contribution in [0.15, 0.2) is 12.1 Å². The normalized spacial score (nSPS) is 10.4. The van der Waals surface area contributed by atoms with Crippen molar-refractivity contribution >= 4 is 29.2 Å². The van der Waals surface area contributed by atoms with Gasteiger partial charge in [-0.1, -0.05) is 0 Å². The fraction of sp³-hybridized carbons (Fsp3) is 0.562. The molecule has 0 amide bonds. The number of benzene rings is 1. The van der Waals surface area contributed by atoms with Crippen molar-refractivity contribution in [3.8, 4) is 11.5 Å². The summed E-state index contributed by atoms with van der Waals surface area (Å²) in [6.07, 6.45) is 3.01. The molecule has 1 rings (SSSR count). The van der Waals surface area contributed by atoms with E-state index in [-0.39, 0.29) is 5.97 Å². The topological polar surface area (TPSA) is 44.8 Å². The lowest BCUT2D eigenvalue weighted by Gasteiger charge is -2.14. The van der Waals surface area contributed by atoms with Crippen LogP contribution in [0.5, 0.6) is 11.5 Å². The Kier molecular flexibility index (Phi) is 9.09. The Morgan fingerprint density at radius 3 is 2.23 bits per heavy atom. The summed E-state index contributed by atoms with van der Waals surface area (Å²) in [7, 11) is 3.00. The smallest absolute Gasteiger partial charge is 0.305 e. The molecule has 0 radical (unpaired) electrons. The van der Waals surface area contributed by atoms with E-state index in [0.717, 1.165) is 41.9 Å². The van der Waals surface area contributed by atoms with Crippen LogP contribution in [0.4, 0.5) is 0 Å². The molecule has 0 aliphatic heterocycles. The molecule has 0 aromatic heterocycles. The van der Waals surface area contributed by atoms with Crippen molar-refractivity contribution < 1.29 is 19.0 Å². The van der Waals surface area contributed by atoms with Gasteiger partial charge in [0.1, 0.15) is 11.5 Å². The first-order valence-electron chi connectivity index (χ1n) is 7.17. The summed E-state index contributed by atoms with van der Waals surface area (Å²) < 4.78 is 15.7. The summed E-state index contributed by atoms with van der Waals surface area (Å²) in [4.78, 5) is 11.0. The van der Waals surface area contributed by atoms with Gasteiger partial charge in [0.2, 0.25) is 0 Å². The van der Waals surface area contributed by atoms with Crippen LogP contribution in [-0.2, 0) is 21.3 Å². The van der Waals surface area contributed by atoms with Crippen LogP contribution in [0, 0.1) is 0 Å². The third-order valence-corrected chi connectivity index (χ3v) is 3.84. The molecule has 0 bridgehead atoms. The number of esters is 1. The molecular weight excluding hydrogens is 327 g/mol.